The Morgan fingerprint density at radius 1 is 0.388 bits per heavy atom. The first-order valence-corrected chi connectivity index (χ1v) is 19.1. The third-order valence-electron chi connectivity index (χ3n) is 9.71. The minimum absolute atomic E-state index is 1.09. The average molecular weight is 651 g/mol. The van der Waals surface area contributed by atoms with E-state index in [1.54, 1.807) is 0 Å². The molecule has 2 heteroatoms. The van der Waals surface area contributed by atoms with E-state index < -0.39 is 0 Å². The molecule has 0 saturated carbocycles. The predicted molar refractivity (Wildman–Crippen MR) is 215 cm³/mol. The molecule has 0 amide bonds. The van der Waals surface area contributed by atoms with Crippen molar-refractivity contribution in [1.82, 2.24) is 0 Å². The van der Waals surface area contributed by atoms with Crippen LogP contribution in [0, 0.1) is 6.92 Å². The minimum Gasteiger partial charge on any atom is -0.356 e. The van der Waals surface area contributed by atoms with Crippen molar-refractivity contribution in [3.05, 3.63) is 138 Å². The SMILES string of the molecule is CCCCCCCCc1ccc(Nc2ccc(N(c3ccc(CCCCCCCC)cc3)c3ccc(-c4ccc(C)cc4)cc3)cc2)cc1. The molecule has 0 aliphatic rings. The zero-order chi connectivity index (χ0) is 34.1. The lowest BCUT2D eigenvalue weighted by Gasteiger charge is -2.26. The summed E-state index contributed by atoms with van der Waals surface area (Å²) < 4.78 is 0. The number of benzene rings is 5. The maximum absolute atomic E-state index is 3.62. The molecular formula is C47H58N2. The van der Waals surface area contributed by atoms with Gasteiger partial charge in [0.05, 0.1) is 0 Å². The first kappa shape index (κ1) is 36.0. The fourth-order valence-electron chi connectivity index (χ4n) is 6.64. The van der Waals surface area contributed by atoms with Crippen molar-refractivity contribution in [1.29, 1.82) is 0 Å². The summed E-state index contributed by atoms with van der Waals surface area (Å²) in [5, 5.41) is 3.62. The van der Waals surface area contributed by atoms with E-state index in [1.165, 1.54) is 117 Å². The summed E-state index contributed by atoms with van der Waals surface area (Å²) in [6.45, 7) is 6.70. The van der Waals surface area contributed by atoms with Gasteiger partial charge in [-0.25, -0.2) is 0 Å². The third kappa shape index (κ3) is 11.4. The van der Waals surface area contributed by atoms with Gasteiger partial charge in [0.25, 0.3) is 0 Å². The van der Waals surface area contributed by atoms with Gasteiger partial charge < -0.3 is 10.2 Å². The van der Waals surface area contributed by atoms with E-state index in [1.807, 2.05) is 0 Å². The van der Waals surface area contributed by atoms with Crippen molar-refractivity contribution in [2.75, 3.05) is 10.2 Å². The Kier molecular flexibility index (Phi) is 14.4. The lowest BCUT2D eigenvalue weighted by atomic mass is 10.0. The van der Waals surface area contributed by atoms with Gasteiger partial charge in [0.1, 0.15) is 0 Å². The summed E-state index contributed by atoms with van der Waals surface area (Å²) in [5.41, 5.74) is 12.3. The maximum Gasteiger partial charge on any atom is 0.0463 e. The number of nitrogens with zero attached hydrogens (tertiary/aromatic N) is 1. The first-order valence-electron chi connectivity index (χ1n) is 19.1. The van der Waals surface area contributed by atoms with Crippen molar-refractivity contribution >= 4 is 28.4 Å². The molecule has 0 bridgehead atoms. The van der Waals surface area contributed by atoms with Crippen molar-refractivity contribution in [2.45, 2.75) is 111 Å². The van der Waals surface area contributed by atoms with Gasteiger partial charge in [-0.15, -0.1) is 0 Å². The van der Waals surface area contributed by atoms with Crippen LogP contribution in [0.1, 0.15) is 108 Å². The van der Waals surface area contributed by atoms with Crippen LogP contribution < -0.4 is 10.2 Å². The van der Waals surface area contributed by atoms with Crippen molar-refractivity contribution < 1.29 is 0 Å². The van der Waals surface area contributed by atoms with E-state index in [2.05, 4.69) is 152 Å². The highest BCUT2D eigenvalue weighted by molar-refractivity contribution is 5.79. The van der Waals surface area contributed by atoms with Crippen LogP contribution in [-0.2, 0) is 12.8 Å². The van der Waals surface area contributed by atoms with Gasteiger partial charge >= 0.3 is 0 Å². The van der Waals surface area contributed by atoms with Crippen molar-refractivity contribution in [3.8, 4) is 11.1 Å². The zero-order valence-electron chi connectivity index (χ0n) is 30.4. The molecule has 0 atom stereocenters. The van der Waals surface area contributed by atoms with Crippen LogP contribution in [0.5, 0.6) is 0 Å². The quantitative estimate of drug-likeness (QED) is 0.0843. The minimum atomic E-state index is 1.09. The maximum atomic E-state index is 3.62. The van der Waals surface area contributed by atoms with E-state index in [0.717, 1.165) is 29.2 Å². The summed E-state index contributed by atoms with van der Waals surface area (Å²) >= 11 is 0. The number of rotatable bonds is 20. The molecule has 0 heterocycles. The second-order valence-electron chi connectivity index (χ2n) is 13.8. The molecular weight excluding hydrogens is 593 g/mol. The Balaban J connectivity index is 1.27. The van der Waals surface area contributed by atoms with Gasteiger partial charge in [-0.2, -0.15) is 0 Å². The molecule has 0 spiro atoms. The fourth-order valence-corrected chi connectivity index (χ4v) is 6.64. The lowest BCUT2D eigenvalue weighted by molar-refractivity contribution is 0.607. The van der Waals surface area contributed by atoms with E-state index in [9.17, 15) is 0 Å². The van der Waals surface area contributed by atoms with Gasteiger partial charge in [-0.05, 0) is 116 Å². The molecule has 256 valence electrons. The Morgan fingerprint density at radius 2 is 0.735 bits per heavy atom. The summed E-state index contributed by atoms with van der Waals surface area (Å²) in [6.07, 6.45) is 18.3. The van der Waals surface area contributed by atoms with Gasteiger partial charge in [-0.3, -0.25) is 0 Å². The highest BCUT2D eigenvalue weighted by Crippen LogP contribution is 2.37. The first-order chi connectivity index (χ1) is 24.1. The van der Waals surface area contributed by atoms with Gasteiger partial charge in [-0.1, -0.05) is 144 Å². The summed E-state index contributed by atoms with van der Waals surface area (Å²) in [6, 6.07) is 44.8. The standard InChI is InChI=1S/C47H58N2/c1-4-6-8-10-12-14-16-39-20-28-43(29-21-39)48-44-30-36-47(37-31-44)49(45-32-22-40(23-33-45)17-15-13-11-9-7-5-2)46-34-26-42(27-35-46)41-24-18-38(3)19-25-41/h18-37,48H,4-17H2,1-3H3. The molecule has 0 unspecified atom stereocenters. The number of hydrogen-bond donors (Lipinski definition) is 1. The number of nitrogens with one attached hydrogen (secondary N) is 1. The second-order valence-corrected chi connectivity index (χ2v) is 13.8. The smallest absolute Gasteiger partial charge is 0.0463 e. The van der Waals surface area contributed by atoms with Crippen LogP contribution >= 0.6 is 0 Å². The summed E-state index contributed by atoms with van der Waals surface area (Å²) in [4.78, 5) is 2.37. The lowest BCUT2D eigenvalue weighted by Crippen LogP contribution is -2.10. The van der Waals surface area contributed by atoms with Crippen LogP contribution in [0.4, 0.5) is 28.4 Å². The number of unbranched alkanes of at least 4 members (excludes halogenated alkanes) is 10. The molecule has 5 aromatic carbocycles. The highest BCUT2D eigenvalue weighted by atomic mass is 15.1. The Morgan fingerprint density at radius 3 is 1.20 bits per heavy atom. The fraction of sp³-hybridized carbons (Fsp3) is 0.362. The molecule has 5 aromatic rings. The van der Waals surface area contributed by atoms with Gasteiger partial charge in [0.15, 0.2) is 0 Å². The van der Waals surface area contributed by atoms with Crippen LogP contribution in [0.2, 0.25) is 0 Å². The molecule has 2 nitrogen and oxygen atoms in total. The Bertz CT molecular complexity index is 1620. The number of aryl methyl sites for hydroxylation is 3. The molecule has 5 rings (SSSR count). The van der Waals surface area contributed by atoms with E-state index >= 15 is 0 Å². The highest BCUT2D eigenvalue weighted by Gasteiger charge is 2.13. The van der Waals surface area contributed by atoms with Gasteiger partial charge in [0, 0.05) is 28.4 Å². The van der Waals surface area contributed by atoms with Crippen molar-refractivity contribution in [2.24, 2.45) is 0 Å². The molecule has 0 aliphatic carbocycles. The van der Waals surface area contributed by atoms with Crippen LogP contribution in [0.25, 0.3) is 11.1 Å². The van der Waals surface area contributed by atoms with E-state index in [0.29, 0.717) is 0 Å². The van der Waals surface area contributed by atoms with Crippen LogP contribution in [0.3, 0.4) is 0 Å². The predicted octanol–water partition coefficient (Wildman–Crippen LogP) is 14.7. The molecule has 0 radical (unpaired) electrons. The van der Waals surface area contributed by atoms with E-state index in [-0.39, 0.29) is 0 Å². The van der Waals surface area contributed by atoms with Gasteiger partial charge in [0.2, 0.25) is 0 Å². The normalized spacial score (nSPS) is 11.1. The third-order valence-corrected chi connectivity index (χ3v) is 9.71. The molecule has 0 aliphatic heterocycles. The zero-order valence-corrected chi connectivity index (χ0v) is 30.4. The molecule has 0 fully saturated rings. The van der Waals surface area contributed by atoms with Crippen LogP contribution in [-0.4, -0.2) is 0 Å². The Labute approximate surface area is 297 Å². The van der Waals surface area contributed by atoms with Crippen LogP contribution in [0.15, 0.2) is 121 Å². The molecule has 0 aromatic heterocycles. The number of hydrogen-bond acceptors (Lipinski definition) is 2. The molecule has 1 N–H and O–H groups in total. The summed E-state index contributed by atoms with van der Waals surface area (Å²) in [5.74, 6) is 0. The Hall–Kier alpha value is -4.30. The largest absolute Gasteiger partial charge is 0.356 e. The summed E-state index contributed by atoms with van der Waals surface area (Å²) in [7, 11) is 0. The average Bonchev–Trinajstić information content (AvgIpc) is 3.14. The monoisotopic (exact) mass is 650 g/mol. The second kappa shape index (κ2) is 19.6. The van der Waals surface area contributed by atoms with E-state index in [4.69, 9.17) is 0 Å². The van der Waals surface area contributed by atoms with Crippen molar-refractivity contribution in [3.63, 3.8) is 0 Å². The number of anilines is 5. The molecule has 49 heavy (non-hydrogen) atoms. The topological polar surface area (TPSA) is 15.3 Å². The molecule has 0 saturated heterocycles.